The molecule has 0 aliphatic carbocycles. The van der Waals surface area contributed by atoms with E-state index in [9.17, 15) is 4.79 Å². The number of aromatic nitrogens is 1. The molecule has 1 N–H and O–H groups in total. The molecule has 1 fully saturated rings. The van der Waals surface area contributed by atoms with Crippen molar-refractivity contribution in [3.05, 3.63) is 28.5 Å². The monoisotopic (exact) mass is 369 g/mol. The standard InChI is InChI=1S/C16H24BrN3O2/c1-16(2,3)22-15(21)19-13-5-4-8-20(11-13)10-12-6-7-18-14(17)9-12/h6-7,9,13H,4-5,8,10-11H2,1-3H3,(H,19,21)/t13-/m1/s1. The Morgan fingerprint density at radius 2 is 2.32 bits per heavy atom. The summed E-state index contributed by atoms with van der Waals surface area (Å²) < 4.78 is 6.18. The van der Waals surface area contributed by atoms with E-state index >= 15 is 0 Å². The van der Waals surface area contributed by atoms with Crippen LogP contribution in [-0.2, 0) is 11.3 Å². The van der Waals surface area contributed by atoms with Crippen LogP contribution in [0.5, 0.6) is 0 Å². The van der Waals surface area contributed by atoms with E-state index in [2.05, 4.69) is 31.1 Å². The first-order valence-corrected chi connectivity index (χ1v) is 8.43. The van der Waals surface area contributed by atoms with Gasteiger partial charge in [-0.3, -0.25) is 4.90 Å². The van der Waals surface area contributed by atoms with Crippen molar-refractivity contribution in [2.24, 2.45) is 0 Å². The first kappa shape index (κ1) is 17.2. The number of nitrogens with zero attached hydrogens (tertiary/aromatic N) is 2. The molecule has 2 rings (SSSR count). The van der Waals surface area contributed by atoms with Crippen LogP contribution < -0.4 is 5.32 Å². The highest BCUT2D eigenvalue weighted by molar-refractivity contribution is 9.10. The molecular weight excluding hydrogens is 346 g/mol. The minimum Gasteiger partial charge on any atom is -0.444 e. The summed E-state index contributed by atoms with van der Waals surface area (Å²) in [7, 11) is 0. The number of ether oxygens (including phenoxy) is 1. The molecule has 2 heterocycles. The van der Waals surface area contributed by atoms with Gasteiger partial charge < -0.3 is 10.1 Å². The van der Waals surface area contributed by atoms with Crippen LogP contribution in [0, 0.1) is 0 Å². The lowest BCUT2D eigenvalue weighted by molar-refractivity contribution is 0.0470. The third kappa shape index (κ3) is 5.93. The fourth-order valence-electron chi connectivity index (χ4n) is 2.59. The van der Waals surface area contributed by atoms with Gasteiger partial charge in [0.1, 0.15) is 10.2 Å². The Hall–Kier alpha value is -1.14. The molecule has 1 aromatic rings. The molecule has 1 aliphatic rings. The van der Waals surface area contributed by atoms with Crippen molar-refractivity contribution in [2.45, 2.75) is 51.8 Å². The van der Waals surface area contributed by atoms with E-state index in [1.165, 1.54) is 5.56 Å². The van der Waals surface area contributed by atoms with Gasteiger partial charge in [0, 0.05) is 25.3 Å². The number of nitrogens with one attached hydrogen (secondary N) is 1. The summed E-state index contributed by atoms with van der Waals surface area (Å²) in [6.07, 6.45) is 3.55. The van der Waals surface area contributed by atoms with Crippen molar-refractivity contribution < 1.29 is 9.53 Å². The van der Waals surface area contributed by atoms with E-state index in [1.54, 1.807) is 6.20 Å². The lowest BCUT2D eigenvalue weighted by atomic mass is 10.1. The lowest BCUT2D eigenvalue weighted by Crippen LogP contribution is -2.48. The molecule has 1 amide bonds. The van der Waals surface area contributed by atoms with Crippen LogP contribution in [0.25, 0.3) is 0 Å². The maximum atomic E-state index is 11.9. The van der Waals surface area contributed by atoms with Gasteiger partial charge in [0.05, 0.1) is 0 Å². The zero-order chi connectivity index (χ0) is 16.2. The number of rotatable bonds is 3. The topological polar surface area (TPSA) is 54.5 Å². The normalized spacial score (nSPS) is 19.7. The van der Waals surface area contributed by atoms with Gasteiger partial charge in [0.25, 0.3) is 0 Å². The minimum atomic E-state index is -0.457. The number of carbonyl (C=O) groups excluding carboxylic acids is 1. The van der Waals surface area contributed by atoms with E-state index in [-0.39, 0.29) is 12.1 Å². The molecule has 0 unspecified atom stereocenters. The van der Waals surface area contributed by atoms with Crippen LogP contribution in [-0.4, -0.2) is 40.7 Å². The van der Waals surface area contributed by atoms with Crippen molar-refractivity contribution in [2.75, 3.05) is 13.1 Å². The highest BCUT2D eigenvalue weighted by atomic mass is 79.9. The number of carbonyl (C=O) groups is 1. The molecule has 1 aliphatic heterocycles. The SMILES string of the molecule is CC(C)(C)OC(=O)N[C@@H]1CCCN(Cc2ccnc(Br)c2)C1. The maximum Gasteiger partial charge on any atom is 0.407 e. The smallest absolute Gasteiger partial charge is 0.407 e. The van der Waals surface area contributed by atoms with Gasteiger partial charge in [0.15, 0.2) is 0 Å². The largest absolute Gasteiger partial charge is 0.444 e. The summed E-state index contributed by atoms with van der Waals surface area (Å²) in [5.74, 6) is 0. The van der Waals surface area contributed by atoms with Crippen LogP contribution in [0.2, 0.25) is 0 Å². The van der Waals surface area contributed by atoms with Gasteiger partial charge in [-0.05, 0) is 73.8 Å². The van der Waals surface area contributed by atoms with Crippen molar-refractivity contribution in [1.82, 2.24) is 15.2 Å². The Kier molecular flexibility index (Phi) is 5.81. The fraction of sp³-hybridized carbons (Fsp3) is 0.625. The zero-order valence-electron chi connectivity index (χ0n) is 13.4. The molecule has 5 nitrogen and oxygen atoms in total. The highest BCUT2D eigenvalue weighted by Crippen LogP contribution is 2.16. The Morgan fingerprint density at radius 1 is 1.55 bits per heavy atom. The number of hydrogen-bond donors (Lipinski definition) is 1. The molecule has 0 radical (unpaired) electrons. The molecule has 1 saturated heterocycles. The molecule has 1 aromatic heterocycles. The molecule has 6 heteroatoms. The van der Waals surface area contributed by atoms with Gasteiger partial charge >= 0.3 is 6.09 Å². The summed E-state index contributed by atoms with van der Waals surface area (Å²) in [6, 6.07) is 4.20. The van der Waals surface area contributed by atoms with Crippen LogP contribution in [0.4, 0.5) is 4.79 Å². The number of amides is 1. The maximum absolute atomic E-state index is 11.9. The summed E-state index contributed by atoms with van der Waals surface area (Å²) in [4.78, 5) is 18.4. The molecule has 0 spiro atoms. The summed E-state index contributed by atoms with van der Waals surface area (Å²) >= 11 is 3.40. The molecule has 1 atom stereocenters. The van der Waals surface area contributed by atoms with Crippen molar-refractivity contribution >= 4 is 22.0 Å². The number of pyridine rings is 1. The van der Waals surface area contributed by atoms with Crippen LogP contribution >= 0.6 is 15.9 Å². The van der Waals surface area contributed by atoms with Gasteiger partial charge in [0.2, 0.25) is 0 Å². The minimum absolute atomic E-state index is 0.147. The Morgan fingerprint density at radius 3 is 3.00 bits per heavy atom. The predicted octanol–water partition coefficient (Wildman–Crippen LogP) is 3.33. The summed E-state index contributed by atoms with van der Waals surface area (Å²) in [6.45, 7) is 8.39. The van der Waals surface area contributed by atoms with Gasteiger partial charge in [-0.15, -0.1) is 0 Å². The number of hydrogen-bond acceptors (Lipinski definition) is 4. The number of alkyl carbamates (subject to hydrolysis) is 1. The Balaban J connectivity index is 1.85. The van der Waals surface area contributed by atoms with Crippen molar-refractivity contribution in [3.63, 3.8) is 0 Å². The summed E-state index contributed by atoms with van der Waals surface area (Å²) in [5.41, 5.74) is 0.765. The number of piperidine rings is 1. The second-order valence-electron chi connectivity index (χ2n) is 6.71. The Labute approximate surface area is 140 Å². The van der Waals surface area contributed by atoms with Gasteiger partial charge in [-0.25, -0.2) is 9.78 Å². The number of likely N-dealkylation sites (tertiary alicyclic amines) is 1. The van der Waals surface area contributed by atoms with Crippen LogP contribution in [0.15, 0.2) is 22.9 Å². The van der Waals surface area contributed by atoms with Crippen molar-refractivity contribution in [1.29, 1.82) is 0 Å². The second kappa shape index (κ2) is 7.42. The lowest BCUT2D eigenvalue weighted by Gasteiger charge is -2.33. The summed E-state index contributed by atoms with van der Waals surface area (Å²) in [5, 5.41) is 2.98. The number of halogens is 1. The van der Waals surface area contributed by atoms with Gasteiger partial charge in [-0.1, -0.05) is 0 Å². The fourth-order valence-corrected chi connectivity index (χ4v) is 3.00. The van der Waals surface area contributed by atoms with E-state index in [1.807, 2.05) is 32.9 Å². The third-order valence-corrected chi connectivity index (χ3v) is 3.86. The van der Waals surface area contributed by atoms with E-state index in [0.29, 0.717) is 0 Å². The highest BCUT2D eigenvalue weighted by Gasteiger charge is 2.24. The molecular formula is C16H24BrN3O2. The molecule has 0 saturated carbocycles. The Bertz CT molecular complexity index is 516. The van der Waals surface area contributed by atoms with E-state index in [0.717, 1.165) is 37.1 Å². The first-order chi connectivity index (χ1) is 10.3. The van der Waals surface area contributed by atoms with Crippen molar-refractivity contribution in [3.8, 4) is 0 Å². The molecule has 0 aromatic carbocycles. The molecule has 0 bridgehead atoms. The quantitative estimate of drug-likeness (QED) is 0.830. The zero-order valence-corrected chi connectivity index (χ0v) is 15.0. The first-order valence-electron chi connectivity index (χ1n) is 7.64. The van der Waals surface area contributed by atoms with Gasteiger partial charge in [-0.2, -0.15) is 0 Å². The van der Waals surface area contributed by atoms with E-state index in [4.69, 9.17) is 4.74 Å². The molecule has 22 heavy (non-hydrogen) atoms. The predicted molar refractivity (Wildman–Crippen MR) is 89.6 cm³/mol. The average Bonchev–Trinajstić information content (AvgIpc) is 2.36. The third-order valence-electron chi connectivity index (χ3n) is 3.42. The average molecular weight is 370 g/mol. The molecule has 122 valence electrons. The van der Waals surface area contributed by atoms with E-state index < -0.39 is 5.60 Å². The van der Waals surface area contributed by atoms with Crippen LogP contribution in [0.3, 0.4) is 0 Å². The second-order valence-corrected chi connectivity index (χ2v) is 7.52. The van der Waals surface area contributed by atoms with Crippen LogP contribution in [0.1, 0.15) is 39.2 Å².